The number of hydrogen-bond donors (Lipinski definition) is 0. The number of rotatable bonds is 0. The Balaban J connectivity index is 0. The average molecular weight is 279 g/mol. The first-order chi connectivity index (χ1) is 9.58. The molecule has 0 aromatic heterocycles. The van der Waals surface area contributed by atoms with E-state index in [2.05, 4.69) is 52.0 Å². The summed E-state index contributed by atoms with van der Waals surface area (Å²) in [5.41, 5.74) is 2.66. The molecule has 0 heteroatoms. The Hall–Kier alpha value is -0.780. The van der Waals surface area contributed by atoms with E-state index < -0.39 is 0 Å². The van der Waals surface area contributed by atoms with Crippen LogP contribution in [0.4, 0.5) is 0 Å². The third-order valence-corrected chi connectivity index (χ3v) is 3.52. The first-order valence-corrected chi connectivity index (χ1v) is 8.61. The van der Waals surface area contributed by atoms with Crippen LogP contribution in [0.5, 0.6) is 0 Å². The van der Waals surface area contributed by atoms with Crippen molar-refractivity contribution in [2.75, 3.05) is 0 Å². The van der Waals surface area contributed by atoms with Crippen molar-refractivity contribution in [3.63, 3.8) is 0 Å². The van der Waals surface area contributed by atoms with Crippen molar-refractivity contribution >= 4 is 0 Å². The Morgan fingerprint density at radius 1 is 0.600 bits per heavy atom. The lowest BCUT2D eigenvalue weighted by Gasteiger charge is -2.22. The predicted octanol–water partition coefficient (Wildman–Crippen LogP) is 7.19. The first-order valence-electron chi connectivity index (χ1n) is 8.61. The van der Waals surface area contributed by atoms with E-state index in [0.29, 0.717) is 0 Å². The zero-order valence-corrected chi connectivity index (χ0v) is 15.3. The van der Waals surface area contributed by atoms with Crippen molar-refractivity contribution in [2.45, 2.75) is 81.1 Å². The van der Waals surface area contributed by atoms with Crippen molar-refractivity contribution in [1.29, 1.82) is 0 Å². The summed E-state index contributed by atoms with van der Waals surface area (Å²) < 4.78 is 0. The Kier molecular flexibility index (Phi) is 15.7. The number of hydrogen-bond acceptors (Lipinski definition) is 0. The van der Waals surface area contributed by atoms with Gasteiger partial charge in [0.25, 0.3) is 0 Å². The summed E-state index contributed by atoms with van der Waals surface area (Å²) in [6, 6.07) is 8.48. The molecule has 0 heterocycles. The van der Waals surface area contributed by atoms with Gasteiger partial charge in [-0.05, 0) is 25.7 Å². The number of aryl methyl sites for hydroxylation is 2. The molecule has 1 aromatic carbocycles. The van der Waals surface area contributed by atoms with Gasteiger partial charge in [0.15, 0.2) is 0 Å². The standard InChI is InChI=1S/C8H16.C8H10.2C2H6/c2*1-7-3-5-8(2)6-4-7;2*1-2/h7-8H,3-6H2,1-2H3;3-6H,1-2H3;2*1-2H3. The molecule has 0 atom stereocenters. The van der Waals surface area contributed by atoms with Gasteiger partial charge < -0.3 is 0 Å². The highest BCUT2D eigenvalue weighted by molar-refractivity contribution is 5.19. The Bertz CT molecular complexity index is 244. The van der Waals surface area contributed by atoms with Crippen LogP contribution in [0.1, 0.15) is 78.4 Å². The molecule has 1 fully saturated rings. The molecule has 0 spiro atoms. The van der Waals surface area contributed by atoms with Gasteiger partial charge in [0.1, 0.15) is 0 Å². The van der Waals surface area contributed by atoms with Crippen LogP contribution in [0.25, 0.3) is 0 Å². The van der Waals surface area contributed by atoms with Crippen molar-refractivity contribution in [2.24, 2.45) is 11.8 Å². The Morgan fingerprint density at radius 2 is 0.800 bits per heavy atom. The fraction of sp³-hybridized carbons (Fsp3) is 0.700. The van der Waals surface area contributed by atoms with Gasteiger partial charge in [-0.1, -0.05) is 103 Å². The largest absolute Gasteiger partial charge is 0.0683 e. The maximum Gasteiger partial charge on any atom is -0.0398 e. The average Bonchev–Trinajstić information content (AvgIpc) is 2.50. The minimum absolute atomic E-state index is 1.02. The molecule has 0 amide bonds. The summed E-state index contributed by atoms with van der Waals surface area (Å²) in [5, 5.41) is 0. The molecule has 1 aliphatic rings. The lowest BCUT2D eigenvalue weighted by Crippen LogP contribution is -2.08. The van der Waals surface area contributed by atoms with Crippen molar-refractivity contribution in [1.82, 2.24) is 0 Å². The topological polar surface area (TPSA) is 0 Å². The SMILES string of the molecule is CC.CC.CC1CCC(C)CC1.Cc1ccc(C)cc1. The van der Waals surface area contributed by atoms with Crippen LogP contribution in [-0.2, 0) is 0 Å². The predicted molar refractivity (Wildman–Crippen MR) is 95.4 cm³/mol. The molecule has 20 heavy (non-hydrogen) atoms. The lowest BCUT2D eigenvalue weighted by atomic mass is 9.84. The molecule has 0 N–H and O–H groups in total. The maximum atomic E-state index is 2.37. The highest BCUT2D eigenvalue weighted by Gasteiger charge is 2.13. The summed E-state index contributed by atoms with van der Waals surface area (Å²) in [6.45, 7) is 16.9. The van der Waals surface area contributed by atoms with Gasteiger partial charge in [-0.25, -0.2) is 0 Å². The van der Waals surface area contributed by atoms with Crippen molar-refractivity contribution < 1.29 is 0 Å². The van der Waals surface area contributed by atoms with Crippen molar-refractivity contribution in [3.05, 3.63) is 35.4 Å². The quantitative estimate of drug-likeness (QED) is 0.471. The lowest BCUT2D eigenvalue weighted by molar-refractivity contribution is 0.308. The molecular weight excluding hydrogens is 240 g/mol. The Labute approximate surface area is 129 Å². The summed E-state index contributed by atoms with van der Waals surface area (Å²) in [4.78, 5) is 0. The van der Waals surface area contributed by atoms with Gasteiger partial charge in [0.2, 0.25) is 0 Å². The van der Waals surface area contributed by atoms with Crippen LogP contribution in [0, 0.1) is 25.7 Å². The van der Waals surface area contributed by atoms with Gasteiger partial charge in [-0.3, -0.25) is 0 Å². The van der Waals surface area contributed by atoms with Gasteiger partial charge >= 0.3 is 0 Å². The number of benzene rings is 1. The normalized spacial score (nSPS) is 20.2. The minimum atomic E-state index is 1.02. The molecule has 0 unspecified atom stereocenters. The second-order valence-corrected chi connectivity index (χ2v) is 5.52. The summed E-state index contributed by atoms with van der Waals surface area (Å²) in [5.74, 6) is 2.04. The van der Waals surface area contributed by atoms with E-state index >= 15 is 0 Å². The van der Waals surface area contributed by atoms with Gasteiger partial charge in [-0.15, -0.1) is 0 Å². The molecule has 1 saturated carbocycles. The monoisotopic (exact) mass is 278 g/mol. The summed E-state index contributed by atoms with van der Waals surface area (Å²) >= 11 is 0. The molecule has 2 rings (SSSR count). The van der Waals surface area contributed by atoms with Crippen LogP contribution >= 0.6 is 0 Å². The van der Waals surface area contributed by atoms with E-state index in [0.717, 1.165) is 11.8 Å². The van der Waals surface area contributed by atoms with E-state index in [9.17, 15) is 0 Å². The van der Waals surface area contributed by atoms with E-state index in [1.54, 1.807) is 0 Å². The molecule has 118 valence electrons. The fourth-order valence-corrected chi connectivity index (χ4v) is 2.06. The second kappa shape index (κ2) is 14.6. The van der Waals surface area contributed by atoms with Gasteiger partial charge in [0, 0.05) is 0 Å². The Morgan fingerprint density at radius 3 is 1.00 bits per heavy atom. The maximum absolute atomic E-state index is 2.37. The van der Waals surface area contributed by atoms with Crippen LogP contribution in [0.2, 0.25) is 0 Å². The van der Waals surface area contributed by atoms with E-state index in [1.807, 2.05) is 27.7 Å². The molecule has 0 radical (unpaired) electrons. The van der Waals surface area contributed by atoms with Crippen LogP contribution < -0.4 is 0 Å². The third-order valence-electron chi connectivity index (χ3n) is 3.52. The summed E-state index contributed by atoms with van der Waals surface area (Å²) in [6.07, 6.45) is 5.89. The molecule has 0 bridgehead atoms. The van der Waals surface area contributed by atoms with Crippen LogP contribution in [0.15, 0.2) is 24.3 Å². The highest BCUT2D eigenvalue weighted by atomic mass is 14.2. The molecular formula is C20H38. The fourth-order valence-electron chi connectivity index (χ4n) is 2.06. The molecule has 1 aliphatic carbocycles. The van der Waals surface area contributed by atoms with Crippen molar-refractivity contribution in [3.8, 4) is 0 Å². The molecule has 1 aromatic rings. The molecule has 0 nitrogen and oxygen atoms in total. The first kappa shape index (κ1) is 21.5. The zero-order chi connectivity index (χ0) is 16.0. The molecule has 0 saturated heterocycles. The van der Waals surface area contributed by atoms with E-state index in [-0.39, 0.29) is 0 Å². The second-order valence-electron chi connectivity index (χ2n) is 5.52. The third kappa shape index (κ3) is 12.3. The van der Waals surface area contributed by atoms with Gasteiger partial charge in [0.05, 0.1) is 0 Å². The van der Waals surface area contributed by atoms with Gasteiger partial charge in [-0.2, -0.15) is 0 Å². The zero-order valence-electron chi connectivity index (χ0n) is 15.3. The summed E-state index contributed by atoms with van der Waals surface area (Å²) in [7, 11) is 0. The highest BCUT2D eigenvalue weighted by Crippen LogP contribution is 2.27. The van der Waals surface area contributed by atoms with E-state index in [1.165, 1.54) is 36.8 Å². The molecule has 0 aliphatic heterocycles. The van der Waals surface area contributed by atoms with Crippen LogP contribution in [0.3, 0.4) is 0 Å². The van der Waals surface area contributed by atoms with Crippen LogP contribution in [-0.4, -0.2) is 0 Å². The van der Waals surface area contributed by atoms with E-state index in [4.69, 9.17) is 0 Å². The smallest absolute Gasteiger partial charge is 0.0398 e. The minimum Gasteiger partial charge on any atom is -0.0683 e.